The second kappa shape index (κ2) is 6.67. The largest absolute Gasteiger partial charge is 0.486 e. The number of ketones is 1. The van der Waals surface area contributed by atoms with Gasteiger partial charge in [-0.15, -0.1) is 11.3 Å². The van der Waals surface area contributed by atoms with Crippen LogP contribution >= 0.6 is 11.3 Å². The van der Waals surface area contributed by atoms with Gasteiger partial charge >= 0.3 is 0 Å². The first-order valence-corrected chi connectivity index (χ1v) is 9.79. The summed E-state index contributed by atoms with van der Waals surface area (Å²) in [5, 5.41) is 0.912. The van der Waals surface area contributed by atoms with Crippen molar-refractivity contribution in [1.82, 2.24) is 4.98 Å². The predicted molar refractivity (Wildman–Crippen MR) is 106 cm³/mol. The fourth-order valence-corrected chi connectivity index (χ4v) is 4.50. The van der Waals surface area contributed by atoms with Crippen molar-refractivity contribution in [3.8, 4) is 22.1 Å². The van der Waals surface area contributed by atoms with Crippen LogP contribution in [0.25, 0.3) is 16.6 Å². The highest BCUT2D eigenvalue weighted by molar-refractivity contribution is 7.17. The van der Waals surface area contributed by atoms with Gasteiger partial charge in [0.05, 0.1) is 10.6 Å². The van der Waals surface area contributed by atoms with Gasteiger partial charge in [-0.1, -0.05) is 36.4 Å². The molecule has 0 spiro atoms. The molecular formula is C22H17NO3S. The molecule has 1 aliphatic heterocycles. The minimum Gasteiger partial charge on any atom is -0.486 e. The van der Waals surface area contributed by atoms with Gasteiger partial charge in [0.2, 0.25) is 5.78 Å². The Kier molecular flexibility index (Phi) is 4.02. The van der Waals surface area contributed by atoms with Crippen molar-refractivity contribution in [2.45, 2.75) is 12.8 Å². The van der Waals surface area contributed by atoms with Gasteiger partial charge < -0.3 is 9.47 Å². The minimum absolute atomic E-state index is 0.0887. The number of ether oxygens (including phenoxy) is 2. The number of nitrogens with zero attached hydrogens (tertiary/aromatic N) is 1. The van der Waals surface area contributed by atoms with E-state index in [4.69, 9.17) is 14.5 Å². The Morgan fingerprint density at radius 2 is 1.78 bits per heavy atom. The van der Waals surface area contributed by atoms with Crippen LogP contribution in [-0.2, 0) is 6.42 Å². The Hall–Kier alpha value is -2.92. The van der Waals surface area contributed by atoms with Crippen LogP contribution in [0.3, 0.4) is 0 Å². The van der Waals surface area contributed by atoms with Crippen molar-refractivity contribution in [3.63, 3.8) is 0 Å². The molecular weight excluding hydrogens is 358 g/mol. The van der Waals surface area contributed by atoms with E-state index in [2.05, 4.69) is 0 Å². The van der Waals surface area contributed by atoms with Crippen LogP contribution in [0.2, 0.25) is 0 Å². The molecule has 0 bridgehead atoms. The number of hydrogen-bond donors (Lipinski definition) is 0. The van der Waals surface area contributed by atoms with Crippen LogP contribution in [0, 0.1) is 0 Å². The molecule has 134 valence electrons. The summed E-state index contributed by atoms with van der Waals surface area (Å²) in [4.78, 5) is 18.5. The Labute approximate surface area is 161 Å². The van der Waals surface area contributed by atoms with E-state index >= 15 is 0 Å². The molecule has 27 heavy (non-hydrogen) atoms. The second-order valence-corrected chi connectivity index (χ2v) is 7.56. The first-order valence-electron chi connectivity index (χ1n) is 8.98. The molecule has 0 N–H and O–H groups in total. The number of hydrogen-bond acceptors (Lipinski definition) is 5. The molecule has 1 aromatic heterocycles. The van der Waals surface area contributed by atoms with E-state index in [1.165, 1.54) is 11.3 Å². The van der Waals surface area contributed by atoms with Gasteiger partial charge in [0.15, 0.2) is 11.5 Å². The molecule has 0 unspecified atom stereocenters. The number of carbonyl (C=O) groups excluding carboxylic acids is 1. The second-order valence-electron chi connectivity index (χ2n) is 6.56. The van der Waals surface area contributed by atoms with Gasteiger partial charge in [-0.05, 0) is 36.6 Å². The van der Waals surface area contributed by atoms with Crippen molar-refractivity contribution in [1.29, 1.82) is 0 Å². The summed E-state index contributed by atoms with van der Waals surface area (Å²) in [5.41, 5.74) is 3.76. The summed E-state index contributed by atoms with van der Waals surface area (Å²) in [7, 11) is 0. The van der Waals surface area contributed by atoms with E-state index in [0.717, 1.165) is 50.2 Å². The summed E-state index contributed by atoms with van der Waals surface area (Å²) >= 11 is 1.49. The van der Waals surface area contributed by atoms with E-state index in [1.807, 2.05) is 54.6 Å². The number of aryl methyl sites for hydroxylation is 1. The Morgan fingerprint density at radius 3 is 2.63 bits per heavy atom. The van der Waals surface area contributed by atoms with Gasteiger partial charge in [0.1, 0.15) is 18.2 Å². The third-order valence-corrected chi connectivity index (χ3v) is 5.90. The number of Topliss-reactive ketones (excluding diaryl/α,β-unsaturated/α-hetero) is 1. The highest BCUT2D eigenvalue weighted by Gasteiger charge is 2.26. The first-order chi connectivity index (χ1) is 13.3. The number of rotatable bonds is 2. The smallest absolute Gasteiger partial charge is 0.200 e. The summed E-state index contributed by atoms with van der Waals surface area (Å²) in [6, 6.07) is 15.8. The Morgan fingerprint density at radius 1 is 0.963 bits per heavy atom. The Bertz CT molecular complexity index is 1050. The van der Waals surface area contributed by atoms with Crippen LogP contribution in [0.5, 0.6) is 11.5 Å². The van der Waals surface area contributed by atoms with Crippen molar-refractivity contribution >= 4 is 23.2 Å². The topological polar surface area (TPSA) is 48.4 Å². The van der Waals surface area contributed by atoms with Crippen molar-refractivity contribution in [2.75, 3.05) is 13.2 Å². The molecule has 4 nitrogen and oxygen atoms in total. The molecule has 0 radical (unpaired) electrons. The lowest BCUT2D eigenvalue weighted by atomic mass is 9.94. The molecule has 0 saturated heterocycles. The maximum atomic E-state index is 13.0. The molecule has 5 rings (SSSR count). The number of benzene rings is 2. The lowest BCUT2D eigenvalue weighted by Gasteiger charge is -2.18. The monoisotopic (exact) mass is 375 g/mol. The van der Waals surface area contributed by atoms with Crippen molar-refractivity contribution in [3.05, 3.63) is 70.2 Å². The van der Waals surface area contributed by atoms with Gasteiger partial charge in [-0.2, -0.15) is 0 Å². The molecule has 0 fully saturated rings. The number of aromatic nitrogens is 1. The molecule has 0 amide bonds. The molecule has 0 atom stereocenters. The zero-order chi connectivity index (χ0) is 18.2. The fourth-order valence-electron chi connectivity index (χ4n) is 3.40. The number of carbonyl (C=O) groups is 1. The van der Waals surface area contributed by atoms with Gasteiger partial charge in [-0.3, -0.25) is 4.79 Å². The zero-order valence-corrected chi connectivity index (χ0v) is 15.4. The number of allylic oxidation sites excluding steroid dienone is 1. The van der Waals surface area contributed by atoms with Gasteiger partial charge in [0, 0.05) is 11.1 Å². The van der Waals surface area contributed by atoms with E-state index in [0.29, 0.717) is 19.6 Å². The average molecular weight is 375 g/mol. The SMILES string of the molecule is O=C1/C(=C/c2ccc3c(c2)OCCO3)CCc2nc(-c3ccccc3)sc21. The third kappa shape index (κ3) is 3.04. The first kappa shape index (κ1) is 16.3. The van der Waals surface area contributed by atoms with Crippen molar-refractivity contribution < 1.29 is 14.3 Å². The molecule has 2 aliphatic rings. The lowest BCUT2D eigenvalue weighted by molar-refractivity contribution is 0.103. The third-order valence-electron chi connectivity index (χ3n) is 4.75. The minimum atomic E-state index is 0.0887. The van der Waals surface area contributed by atoms with E-state index in [-0.39, 0.29) is 5.78 Å². The average Bonchev–Trinajstić information content (AvgIpc) is 3.16. The maximum absolute atomic E-state index is 13.0. The summed E-state index contributed by atoms with van der Waals surface area (Å²) in [6.45, 7) is 1.13. The summed E-state index contributed by atoms with van der Waals surface area (Å²) in [5.74, 6) is 1.59. The maximum Gasteiger partial charge on any atom is 0.200 e. The lowest BCUT2D eigenvalue weighted by Crippen LogP contribution is -2.15. The zero-order valence-electron chi connectivity index (χ0n) is 14.6. The summed E-state index contributed by atoms with van der Waals surface area (Å²) < 4.78 is 11.2. The molecule has 5 heteroatoms. The highest BCUT2D eigenvalue weighted by Crippen LogP contribution is 2.36. The number of thiazole rings is 1. The summed E-state index contributed by atoms with van der Waals surface area (Å²) in [6.07, 6.45) is 3.46. The molecule has 1 aliphatic carbocycles. The normalized spacial score (nSPS) is 17.0. The standard InChI is InChI=1S/C22H17NO3S/c24-20-16(12-14-6-9-18-19(13-14)26-11-10-25-18)7-8-17-21(20)27-22(23-17)15-4-2-1-3-5-15/h1-6,9,12-13H,7-8,10-11H2/b16-12+. The van der Waals surface area contributed by atoms with E-state index < -0.39 is 0 Å². The number of fused-ring (bicyclic) bond motifs is 2. The quantitative estimate of drug-likeness (QED) is 0.604. The van der Waals surface area contributed by atoms with Gasteiger partial charge in [-0.25, -0.2) is 4.98 Å². The van der Waals surface area contributed by atoms with Gasteiger partial charge in [0.25, 0.3) is 0 Å². The van der Waals surface area contributed by atoms with Crippen LogP contribution in [-0.4, -0.2) is 24.0 Å². The molecule has 2 heterocycles. The predicted octanol–water partition coefficient (Wildman–Crippen LogP) is 4.79. The fraction of sp³-hybridized carbons (Fsp3) is 0.182. The highest BCUT2D eigenvalue weighted by atomic mass is 32.1. The molecule has 2 aromatic carbocycles. The van der Waals surface area contributed by atoms with E-state index in [9.17, 15) is 4.79 Å². The van der Waals surface area contributed by atoms with Crippen LogP contribution in [0.15, 0.2) is 54.1 Å². The van der Waals surface area contributed by atoms with Crippen molar-refractivity contribution in [2.24, 2.45) is 0 Å². The Balaban J connectivity index is 1.46. The van der Waals surface area contributed by atoms with Crippen LogP contribution < -0.4 is 9.47 Å². The van der Waals surface area contributed by atoms with Crippen LogP contribution in [0.1, 0.15) is 27.3 Å². The van der Waals surface area contributed by atoms with E-state index in [1.54, 1.807) is 0 Å². The molecule has 3 aromatic rings. The molecule has 0 saturated carbocycles. The van der Waals surface area contributed by atoms with Crippen LogP contribution in [0.4, 0.5) is 0 Å².